The second-order valence-corrected chi connectivity index (χ2v) is 3.39. The quantitative estimate of drug-likeness (QED) is 0.798. The van der Waals surface area contributed by atoms with E-state index in [9.17, 15) is 5.21 Å². The molecule has 0 amide bonds. The molecular formula is C11H13N3O. The lowest BCUT2D eigenvalue weighted by molar-refractivity contribution is -0.0288. The Balaban J connectivity index is 2.35. The monoisotopic (exact) mass is 203 g/mol. The maximum Gasteiger partial charge on any atom is 0.139 e. The van der Waals surface area contributed by atoms with Gasteiger partial charge in [0.2, 0.25) is 0 Å². The highest BCUT2D eigenvalue weighted by Crippen LogP contribution is 2.14. The van der Waals surface area contributed by atoms with E-state index in [1.807, 2.05) is 37.3 Å². The molecule has 1 aliphatic rings. The first-order chi connectivity index (χ1) is 7.33. The van der Waals surface area contributed by atoms with Crippen molar-refractivity contribution in [1.82, 2.24) is 5.06 Å². The maximum atomic E-state index is 9.60. The minimum Gasteiger partial charge on any atom is -0.287 e. The Bertz CT molecular complexity index is 386. The summed E-state index contributed by atoms with van der Waals surface area (Å²) in [6.45, 7) is 2.01. The van der Waals surface area contributed by atoms with Crippen LogP contribution >= 0.6 is 0 Å². The summed E-state index contributed by atoms with van der Waals surface area (Å²) in [5.74, 6) is 0. The molecule has 4 heteroatoms. The second-order valence-electron chi connectivity index (χ2n) is 3.39. The SMILES string of the molecule is CCC1C(c2ccccc2)=NN=CN1O. The minimum atomic E-state index is -0.107. The molecule has 1 aromatic rings. The van der Waals surface area contributed by atoms with Gasteiger partial charge in [0, 0.05) is 5.56 Å². The number of hydrogen-bond donors (Lipinski definition) is 1. The van der Waals surface area contributed by atoms with Crippen molar-refractivity contribution < 1.29 is 5.21 Å². The van der Waals surface area contributed by atoms with Gasteiger partial charge in [0.15, 0.2) is 0 Å². The molecule has 1 heterocycles. The van der Waals surface area contributed by atoms with Gasteiger partial charge in [0.25, 0.3) is 0 Å². The summed E-state index contributed by atoms with van der Waals surface area (Å²) < 4.78 is 0. The van der Waals surface area contributed by atoms with Crippen LogP contribution in [-0.2, 0) is 0 Å². The molecule has 0 saturated heterocycles. The third kappa shape index (κ3) is 1.89. The van der Waals surface area contributed by atoms with Crippen molar-refractivity contribution in [3.8, 4) is 0 Å². The Labute approximate surface area is 88.5 Å². The molecule has 1 unspecified atom stereocenters. The smallest absolute Gasteiger partial charge is 0.139 e. The van der Waals surface area contributed by atoms with Gasteiger partial charge < -0.3 is 0 Å². The molecule has 78 valence electrons. The summed E-state index contributed by atoms with van der Waals surface area (Å²) in [5, 5.41) is 18.6. The Morgan fingerprint density at radius 1 is 1.33 bits per heavy atom. The lowest BCUT2D eigenvalue weighted by atomic mass is 10.0. The van der Waals surface area contributed by atoms with Crippen LogP contribution in [0.25, 0.3) is 0 Å². The normalized spacial score (nSPS) is 20.3. The van der Waals surface area contributed by atoms with Crippen LogP contribution in [0.4, 0.5) is 0 Å². The van der Waals surface area contributed by atoms with Crippen molar-refractivity contribution in [3.63, 3.8) is 0 Å². The van der Waals surface area contributed by atoms with E-state index in [4.69, 9.17) is 0 Å². The first-order valence-corrected chi connectivity index (χ1v) is 4.96. The van der Waals surface area contributed by atoms with Gasteiger partial charge in [-0.2, -0.15) is 5.10 Å². The molecule has 1 atom stereocenters. The van der Waals surface area contributed by atoms with Gasteiger partial charge in [0.1, 0.15) is 12.4 Å². The Morgan fingerprint density at radius 2 is 2.07 bits per heavy atom. The first-order valence-electron chi connectivity index (χ1n) is 4.96. The Kier molecular flexibility index (Phi) is 2.78. The fraction of sp³-hybridized carbons (Fsp3) is 0.273. The van der Waals surface area contributed by atoms with E-state index in [-0.39, 0.29) is 6.04 Å². The van der Waals surface area contributed by atoms with E-state index < -0.39 is 0 Å². The van der Waals surface area contributed by atoms with Gasteiger partial charge in [-0.15, -0.1) is 5.10 Å². The molecule has 0 fully saturated rings. The van der Waals surface area contributed by atoms with Crippen LogP contribution in [0.5, 0.6) is 0 Å². The molecule has 1 aliphatic heterocycles. The van der Waals surface area contributed by atoms with E-state index in [1.54, 1.807) is 0 Å². The highest BCUT2D eigenvalue weighted by atomic mass is 16.5. The zero-order valence-electron chi connectivity index (χ0n) is 8.54. The van der Waals surface area contributed by atoms with Crippen LogP contribution in [0.15, 0.2) is 40.5 Å². The fourth-order valence-corrected chi connectivity index (χ4v) is 1.65. The van der Waals surface area contributed by atoms with Crippen molar-refractivity contribution in [1.29, 1.82) is 0 Å². The Hall–Kier alpha value is -1.68. The number of hydroxylamine groups is 2. The lowest BCUT2D eigenvalue weighted by Gasteiger charge is -2.26. The summed E-state index contributed by atoms with van der Waals surface area (Å²) in [6.07, 6.45) is 2.12. The molecule has 0 radical (unpaired) electrons. The van der Waals surface area contributed by atoms with Crippen molar-refractivity contribution in [2.75, 3.05) is 0 Å². The molecule has 1 N–H and O–H groups in total. The second kappa shape index (κ2) is 4.23. The molecule has 0 saturated carbocycles. The van der Waals surface area contributed by atoms with Crippen LogP contribution < -0.4 is 0 Å². The lowest BCUT2D eigenvalue weighted by Crippen LogP contribution is -2.40. The van der Waals surface area contributed by atoms with Gasteiger partial charge in [-0.25, -0.2) is 5.06 Å². The summed E-state index contributed by atoms with van der Waals surface area (Å²) >= 11 is 0. The highest BCUT2D eigenvalue weighted by Gasteiger charge is 2.23. The molecule has 2 rings (SSSR count). The number of nitrogens with zero attached hydrogens (tertiary/aromatic N) is 3. The van der Waals surface area contributed by atoms with Gasteiger partial charge in [0.05, 0.1) is 5.71 Å². The maximum absolute atomic E-state index is 9.60. The molecule has 1 aromatic carbocycles. The third-order valence-electron chi connectivity index (χ3n) is 2.43. The van der Waals surface area contributed by atoms with Gasteiger partial charge in [-0.05, 0) is 6.42 Å². The summed E-state index contributed by atoms with van der Waals surface area (Å²) in [4.78, 5) is 0. The topological polar surface area (TPSA) is 48.2 Å². The number of hydrogen-bond acceptors (Lipinski definition) is 4. The fourth-order valence-electron chi connectivity index (χ4n) is 1.65. The summed E-state index contributed by atoms with van der Waals surface area (Å²) in [5.41, 5.74) is 1.81. The summed E-state index contributed by atoms with van der Waals surface area (Å²) in [7, 11) is 0. The van der Waals surface area contributed by atoms with E-state index in [0.717, 1.165) is 22.8 Å². The van der Waals surface area contributed by atoms with E-state index >= 15 is 0 Å². The average Bonchev–Trinajstić information content (AvgIpc) is 2.30. The van der Waals surface area contributed by atoms with Gasteiger partial charge >= 0.3 is 0 Å². The molecule has 0 aromatic heterocycles. The first kappa shape index (κ1) is 9.86. The third-order valence-corrected chi connectivity index (χ3v) is 2.43. The molecule has 0 spiro atoms. The van der Waals surface area contributed by atoms with Crippen molar-refractivity contribution >= 4 is 12.1 Å². The molecule has 15 heavy (non-hydrogen) atoms. The van der Waals surface area contributed by atoms with Crippen LogP contribution in [0.2, 0.25) is 0 Å². The standard InChI is InChI=1S/C11H13N3O/c1-2-10-11(13-12-8-14(10)15)9-6-4-3-5-7-9/h3-8,10,15H,2H2,1H3. The van der Waals surface area contributed by atoms with Crippen LogP contribution in [0.1, 0.15) is 18.9 Å². The predicted octanol–water partition coefficient (Wildman–Crippen LogP) is 1.90. The van der Waals surface area contributed by atoms with E-state index in [1.165, 1.54) is 6.34 Å². The van der Waals surface area contributed by atoms with Gasteiger partial charge in [-0.1, -0.05) is 37.3 Å². The van der Waals surface area contributed by atoms with Crippen LogP contribution in [0, 0.1) is 0 Å². The highest BCUT2D eigenvalue weighted by molar-refractivity contribution is 6.05. The van der Waals surface area contributed by atoms with Crippen LogP contribution in [0.3, 0.4) is 0 Å². The average molecular weight is 203 g/mol. The Morgan fingerprint density at radius 3 is 2.73 bits per heavy atom. The zero-order valence-corrected chi connectivity index (χ0v) is 8.54. The molecule has 0 aliphatic carbocycles. The van der Waals surface area contributed by atoms with Crippen molar-refractivity contribution in [3.05, 3.63) is 35.9 Å². The van der Waals surface area contributed by atoms with Gasteiger partial charge in [-0.3, -0.25) is 5.21 Å². The van der Waals surface area contributed by atoms with Crippen molar-refractivity contribution in [2.45, 2.75) is 19.4 Å². The number of rotatable bonds is 2. The molecular weight excluding hydrogens is 190 g/mol. The number of benzene rings is 1. The van der Waals surface area contributed by atoms with Crippen LogP contribution in [-0.4, -0.2) is 28.4 Å². The predicted molar refractivity (Wildman–Crippen MR) is 59.2 cm³/mol. The largest absolute Gasteiger partial charge is 0.287 e. The van der Waals surface area contributed by atoms with Crippen molar-refractivity contribution in [2.24, 2.45) is 10.2 Å². The molecule has 0 bridgehead atoms. The zero-order chi connectivity index (χ0) is 10.7. The minimum absolute atomic E-state index is 0.107. The van der Waals surface area contributed by atoms with E-state index in [2.05, 4.69) is 10.2 Å². The van der Waals surface area contributed by atoms with E-state index in [0.29, 0.717) is 0 Å². The molecule has 4 nitrogen and oxygen atoms in total. The summed E-state index contributed by atoms with van der Waals surface area (Å²) in [6, 6.07) is 9.68.